The van der Waals surface area contributed by atoms with Crippen LogP contribution in [-0.4, -0.2) is 6.54 Å². The Labute approximate surface area is 124 Å². The molecule has 0 bridgehead atoms. The smallest absolute Gasteiger partial charge is 0.131 e. The van der Waals surface area contributed by atoms with Crippen LogP contribution in [0.3, 0.4) is 0 Å². The topological polar surface area (TPSA) is 12.0 Å². The maximum absolute atomic E-state index is 14.2. The van der Waals surface area contributed by atoms with E-state index in [1.54, 1.807) is 6.07 Å². The van der Waals surface area contributed by atoms with Crippen molar-refractivity contribution in [3.63, 3.8) is 0 Å². The molecule has 0 aliphatic rings. The van der Waals surface area contributed by atoms with Crippen LogP contribution in [0.5, 0.6) is 0 Å². The van der Waals surface area contributed by atoms with Crippen LogP contribution >= 0.6 is 11.6 Å². The fourth-order valence-corrected chi connectivity index (χ4v) is 2.59. The van der Waals surface area contributed by atoms with Crippen LogP contribution in [0.25, 0.3) is 11.1 Å². The minimum absolute atomic E-state index is 0.181. The molecule has 1 nitrogen and oxygen atoms in total. The lowest BCUT2D eigenvalue weighted by Crippen LogP contribution is -2.12. The van der Waals surface area contributed by atoms with Crippen LogP contribution in [-0.2, 0) is 6.54 Å². The third-order valence-corrected chi connectivity index (χ3v) is 3.70. The lowest BCUT2D eigenvalue weighted by molar-refractivity contribution is 0.629. The zero-order valence-electron chi connectivity index (χ0n) is 12.1. The van der Waals surface area contributed by atoms with Gasteiger partial charge in [0.1, 0.15) is 5.82 Å². The molecular weight excluding hydrogens is 273 g/mol. The second kappa shape index (κ2) is 6.38. The molecule has 1 N–H and O–H groups in total. The molecule has 106 valence electrons. The van der Waals surface area contributed by atoms with Crippen LogP contribution in [0.2, 0.25) is 5.02 Å². The minimum Gasteiger partial charge on any atom is -0.313 e. The first-order valence-corrected chi connectivity index (χ1v) is 7.17. The van der Waals surface area contributed by atoms with Crippen molar-refractivity contribution >= 4 is 11.6 Å². The maximum atomic E-state index is 14.2. The van der Waals surface area contributed by atoms with Gasteiger partial charge in [-0.2, -0.15) is 0 Å². The van der Waals surface area contributed by atoms with Crippen molar-refractivity contribution in [1.29, 1.82) is 0 Å². The lowest BCUT2D eigenvalue weighted by atomic mass is 9.96. The molecular formula is C17H19ClFN. The van der Waals surface area contributed by atoms with Crippen molar-refractivity contribution < 1.29 is 4.39 Å². The maximum Gasteiger partial charge on any atom is 0.131 e. The molecule has 3 heteroatoms. The Kier molecular flexibility index (Phi) is 4.79. The van der Waals surface area contributed by atoms with Crippen molar-refractivity contribution in [1.82, 2.24) is 5.32 Å². The molecule has 20 heavy (non-hydrogen) atoms. The molecule has 2 rings (SSSR count). The van der Waals surface area contributed by atoms with Gasteiger partial charge in [-0.15, -0.1) is 0 Å². The molecule has 0 radical (unpaired) electrons. The van der Waals surface area contributed by atoms with Crippen LogP contribution in [0, 0.1) is 19.7 Å². The fourth-order valence-electron chi connectivity index (χ4n) is 2.41. The highest BCUT2D eigenvalue weighted by molar-refractivity contribution is 6.31. The Morgan fingerprint density at radius 1 is 1.15 bits per heavy atom. The van der Waals surface area contributed by atoms with Crippen molar-refractivity contribution in [2.45, 2.75) is 27.3 Å². The van der Waals surface area contributed by atoms with Crippen LogP contribution in [0.4, 0.5) is 4.39 Å². The quantitative estimate of drug-likeness (QED) is 0.847. The molecule has 0 aliphatic carbocycles. The summed E-state index contributed by atoms with van der Waals surface area (Å²) in [4.78, 5) is 0. The number of benzene rings is 2. The molecule has 2 aromatic carbocycles. The van der Waals surface area contributed by atoms with E-state index < -0.39 is 0 Å². The Morgan fingerprint density at radius 3 is 2.55 bits per heavy atom. The van der Waals surface area contributed by atoms with E-state index in [1.807, 2.05) is 45.0 Å². The van der Waals surface area contributed by atoms with Crippen molar-refractivity contribution in [3.8, 4) is 11.1 Å². The van der Waals surface area contributed by atoms with Crippen LogP contribution in [0.1, 0.15) is 23.6 Å². The Hall–Kier alpha value is -1.38. The Morgan fingerprint density at radius 2 is 1.90 bits per heavy atom. The van der Waals surface area contributed by atoms with Crippen LogP contribution < -0.4 is 5.32 Å². The number of nitrogens with one attached hydrogen (secondary N) is 1. The van der Waals surface area contributed by atoms with Crippen molar-refractivity contribution in [2.24, 2.45) is 0 Å². The SMILES string of the molecule is CCNCc1cc(-c2c(C)cc(C)cc2F)ccc1Cl. The molecule has 0 amide bonds. The summed E-state index contributed by atoms with van der Waals surface area (Å²) in [5.74, 6) is -0.181. The van der Waals surface area contributed by atoms with E-state index in [4.69, 9.17) is 11.6 Å². The summed E-state index contributed by atoms with van der Waals surface area (Å²) in [5, 5.41) is 3.95. The largest absolute Gasteiger partial charge is 0.313 e. The monoisotopic (exact) mass is 291 g/mol. The predicted octanol–water partition coefficient (Wildman–Crippen LogP) is 4.87. The van der Waals surface area contributed by atoms with Gasteiger partial charge in [-0.1, -0.05) is 30.7 Å². The van der Waals surface area contributed by atoms with Crippen LogP contribution in [0.15, 0.2) is 30.3 Å². The molecule has 0 saturated carbocycles. The van der Waals surface area contributed by atoms with Gasteiger partial charge in [-0.3, -0.25) is 0 Å². The first-order valence-electron chi connectivity index (χ1n) is 6.79. The molecule has 0 heterocycles. The predicted molar refractivity (Wildman–Crippen MR) is 83.7 cm³/mol. The minimum atomic E-state index is -0.181. The van der Waals surface area contributed by atoms with Gasteiger partial charge >= 0.3 is 0 Å². The van der Waals surface area contributed by atoms with Gasteiger partial charge in [0.15, 0.2) is 0 Å². The summed E-state index contributed by atoms with van der Waals surface area (Å²) < 4.78 is 14.2. The van der Waals surface area contributed by atoms with E-state index in [1.165, 1.54) is 0 Å². The van der Waals surface area contributed by atoms with Gasteiger partial charge in [0.05, 0.1) is 0 Å². The first kappa shape index (κ1) is 15.0. The molecule has 0 aliphatic heterocycles. The third-order valence-electron chi connectivity index (χ3n) is 3.33. The summed E-state index contributed by atoms with van der Waals surface area (Å²) in [7, 11) is 0. The number of aryl methyl sites for hydroxylation is 2. The van der Waals surface area contributed by atoms with Gasteiger partial charge in [-0.25, -0.2) is 4.39 Å². The highest BCUT2D eigenvalue weighted by Gasteiger charge is 2.11. The molecule has 0 spiro atoms. The highest BCUT2D eigenvalue weighted by atomic mass is 35.5. The van der Waals surface area contributed by atoms with E-state index >= 15 is 0 Å². The fraction of sp³-hybridized carbons (Fsp3) is 0.294. The number of hydrogen-bond acceptors (Lipinski definition) is 1. The van der Waals surface area contributed by atoms with E-state index in [0.717, 1.165) is 28.8 Å². The number of halogens is 2. The van der Waals surface area contributed by atoms with E-state index in [-0.39, 0.29) is 5.82 Å². The molecule has 0 atom stereocenters. The third kappa shape index (κ3) is 3.20. The normalized spacial score (nSPS) is 10.8. The summed E-state index contributed by atoms with van der Waals surface area (Å²) in [6.45, 7) is 7.44. The van der Waals surface area contributed by atoms with Gasteiger partial charge < -0.3 is 5.32 Å². The van der Waals surface area contributed by atoms with Crippen molar-refractivity contribution in [2.75, 3.05) is 6.54 Å². The van der Waals surface area contributed by atoms with E-state index in [2.05, 4.69) is 5.32 Å². The van der Waals surface area contributed by atoms with E-state index in [0.29, 0.717) is 17.1 Å². The molecule has 0 unspecified atom stereocenters. The highest BCUT2D eigenvalue weighted by Crippen LogP contribution is 2.30. The van der Waals surface area contributed by atoms with Crippen molar-refractivity contribution in [3.05, 3.63) is 57.9 Å². The number of hydrogen-bond donors (Lipinski definition) is 1. The molecule has 0 fully saturated rings. The number of rotatable bonds is 4. The Balaban J connectivity index is 2.48. The van der Waals surface area contributed by atoms with E-state index in [9.17, 15) is 4.39 Å². The van der Waals surface area contributed by atoms with Gasteiger partial charge in [0.2, 0.25) is 0 Å². The zero-order valence-corrected chi connectivity index (χ0v) is 12.8. The average Bonchev–Trinajstić information content (AvgIpc) is 2.38. The molecule has 0 aromatic heterocycles. The summed E-state index contributed by atoms with van der Waals surface area (Å²) in [6.07, 6.45) is 0. The molecule has 2 aromatic rings. The van der Waals surface area contributed by atoms with Gasteiger partial charge in [0.25, 0.3) is 0 Å². The second-order valence-electron chi connectivity index (χ2n) is 5.03. The Bertz CT molecular complexity index is 599. The van der Waals surface area contributed by atoms with Gasteiger partial charge in [0, 0.05) is 17.1 Å². The average molecular weight is 292 g/mol. The summed E-state index contributed by atoms with van der Waals surface area (Å²) in [6, 6.07) is 9.24. The summed E-state index contributed by atoms with van der Waals surface area (Å²) in [5.41, 5.74) is 4.40. The second-order valence-corrected chi connectivity index (χ2v) is 5.43. The summed E-state index contributed by atoms with van der Waals surface area (Å²) >= 11 is 6.19. The zero-order chi connectivity index (χ0) is 14.7. The first-order chi connectivity index (χ1) is 9.52. The lowest BCUT2D eigenvalue weighted by Gasteiger charge is -2.12. The molecule has 0 saturated heterocycles. The van der Waals surface area contributed by atoms with Gasteiger partial charge in [-0.05, 0) is 60.8 Å². The standard InChI is InChI=1S/C17H19ClFN/c1-4-20-10-14-9-13(5-6-15(14)18)17-12(3)7-11(2)8-16(17)19/h5-9,20H,4,10H2,1-3H3.